The van der Waals surface area contributed by atoms with Crippen molar-refractivity contribution in [1.82, 2.24) is 9.13 Å². The molecular weight excluding hydrogens is 637 g/mol. The Kier molecular flexibility index (Phi) is 6.16. The normalized spacial score (nSPS) is 11.9. The summed E-state index contributed by atoms with van der Waals surface area (Å²) in [6.45, 7) is 0. The van der Waals surface area contributed by atoms with E-state index in [2.05, 4.69) is 191 Å². The van der Waals surface area contributed by atoms with Crippen LogP contribution >= 0.6 is 11.3 Å². The second-order valence-electron chi connectivity index (χ2n) is 13.3. The molecule has 0 radical (unpaired) electrons. The van der Waals surface area contributed by atoms with Crippen LogP contribution in [0.25, 0.3) is 97.4 Å². The minimum atomic E-state index is 1.16. The van der Waals surface area contributed by atoms with E-state index in [-0.39, 0.29) is 0 Å². The summed E-state index contributed by atoms with van der Waals surface area (Å²) in [7, 11) is 0. The van der Waals surface area contributed by atoms with Gasteiger partial charge in [-0.3, -0.25) is 0 Å². The van der Waals surface area contributed by atoms with Crippen LogP contribution in [0.15, 0.2) is 182 Å². The Balaban J connectivity index is 1.16. The maximum Gasteiger partial charge on any atom is 0.0548 e. The summed E-state index contributed by atoms with van der Waals surface area (Å²) in [5.74, 6) is 0. The van der Waals surface area contributed by atoms with Gasteiger partial charge in [-0.2, -0.15) is 0 Å². The maximum atomic E-state index is 2.45. The highest BCUT2D eigenvalue weighted by atomic mass is 32.1. The lowest BCUT2D eigenvalue weighted by atomic mass is 9.99. The van der Waals surface area contributed by atoms with Gasteiger partial charge in [-0.05, 0) is 95.1 Å². The van der Waals surface area contributed by atoms with Crippen LogP contribution in [0.4, 0.5) is 0 Å². The summed E-state index contributed by atoms with van der Waals surface area (Å²) in [6.07, 6.45) is 0. The molecule has 0 amide bonds. The third-order valence-corrected chi connectivity index (χ3v) is 11.7. The van der Waals surface area contributed by atoms with Crippen molar-refractivity contribution in [1.29, 1.82) is 0 Å². The van der Waals surface area contributed by atoms with Crippen LogP contribution in [-0.2, 0) is 0 Å². The van der Waals surface area contributed by atoms with Crippen molar-refractivity contribution in [3.63, 3.8) is 0 Å². The topological polar surface area (TPSA) is 9.86 Å². The lowest BCUT2D eigenvalue weighted by molar-refractivity contribution is 1.18. The molecule has 0 saturated carbocycles. The van der Waals surface area contributed by atoms with E-state index in [1.165, 1.54) is 91.7 Å². The molecule has 3 aromatic heterocycles. The van der Waals surface area contributed by atoms with Gasteiger partial charge in [0.15, 0.2) is 0 Å². The zero-order chi connectivity index (χ0) is 33.5. The van der Waals surface area contributed by atoms with Gasteiger partial charge in [-0.1, -0.05) is 109 Å². The molecular formula is C48H30N2S. The van der Waals surface area contributed by atoms with Gasteiger partial charge in [0.2, 0.25) is 0 Å². The molecule has 0 bridgehead atoms. The minimum absolute atomic E-state index is 1.16. The Morgan fingerprint density at radius 1 is 0.294 bits per heavy atom. The predicted molar refractivity (Wildman–Crippen MR) is 219 cm³/mol. The molecule has 0 unspecified atom stereocenters. The van der Waals surface area contributed by atoms with Crippen molar-refractivity contribution in [3.05, 3.63) is 182 Å². The molecule has 0 atom stereocenters. The summed E-state index contributed by atoms with van der Waals surface area (Å²) in [5, 5.41) is 7.78. The van der Waals surface area contributed by atoms with E-state index in [0.29, 0.717) is 0 Å². The number of rotatable bonds is 4. The van der Waals surface area contributed by atoms with Crippen molar-refractivity contribution in [2.45, 2.75) is 0 Å². The Labute approximate surface area is 298 Å². The number of hydrogen-bond acceptors (Lipinski definition) is 1. The van der Waals surface area contributed by atoms with Gasteiger partial charge in [-0.15, -0.1) is 11.3 Å². The molecule has 11 rings (SSSR count). The van der Waals surface area contributed by atoms with Crippen molar-refractivity contribution < 1.29 is 0 Å². The molecule has 0 fully saturated rings. The van der Waals surface area contributed by atoms with Crippen molar-refractivity contribution >= 4 is 75.1 Å². The fraction of sp³-hybridized carbons (Fsp3) is 0. The minimum Gasteiger partial charge on any atom is -0.309 e. The van der Waals surface area contributed by atoms with Gasteiger partial charge in [0, 0.05) is 53.1 Å². The van der Waals surface area contributed by atoms with Crippen molar-refractivity contribution in [2.24, 2.45) is 0 Å². The monoisotopic (exact) mass is 666 g/mol. The third-order valence-electron chi connectivity index (χ3n) is 10.5. The van der Waals surface area contributed by atoms with Crippen molar-refractivity contribution in [2.75, 3.05) is 0 Å². The Morgan fingerprint density at radius 2 is 0.824 bits per heavy atom. The molecule has 3 heteroatoms. The molecule has 51 heavy (non-hydrogen) atoms. The lowest BCUT2D eigenvalue weighted by Crippen LogP contribution is -1.94. The number of aromatic nitrogens is 2. The predicted octanol–water partition coefficient (Wildman–Crippen LogP) is 13.6. The molecule has 8 aromatic carbocycles. The standard InChI is InChI=1S/C48H30N2S/c1-3-11-31(12-4-1)32-19-23-36(24-20-32)50-43-26-22-34(30-40(43)47-44(50)27-28-46-48(47)38-16-8-10-18-45(38)51-46)33-21-25-42-39(29-33)37-15-7-9-17-41(37)49(42)35-13-5-2-6-14-35/h1-30H. The average Bonchev–Trinajstić information content (AvgIpc) is 3.85. The largest absolute Gasteiger partial charge is 0.309 e. The summed E-state index contributed by atoms with van der Waals surface area (Å²) in [6, 6.07) is 66.6. The third kappa shape index (κ3) is 4.29. The first kappa shape index (κ1) is 28.4. The van der Waals surface area contributed by atoms with Crippen LogP contribution in [0.3, 0.4) is 0 Å². The molecule has 0 aliphatic rings. The SMILES string of the molecule is c1ccc(-c2ccc(-n3c4ccc(-c5ccc6c(c5)c5ccccc5n6-c5ccccc5)cc4c4c5c(ccc43)sc3ccccc35)cc2)cc1. The molecule has 0 saturated heterocycles. The smallest absolute Gasteiger partial charge is 0.0548 e. The Bertz CT molecular complexity index is 3110. The van der Waals surface area contributed by atoms with Gasteiger partial charge in [-0.25, -0.2) is 0 Å². The molecule has 11 aromatic rings. The number of para-hydroxylation sites is 2. The van der Waals surface area contributed by atoms with Crippen LogP contribution in [0.5, 0.6) is 0 Å². The summed E-state index contributed by atoms with van der Waals surface area (Å²) < 4.78 is 7.48. The highest BCUT2D eigenvalue weighted by molar-refractivity contribution is 7.26. The van der Waals surface area contributed by atoms with Crippen LogP contribution in [-0.4, -0.2) is 9.13 Å². The number of benzene rings is 8. The van der Waals surface area contributed by atoms with E-state index in [1.54, 1.807) is 0 Å². The summed E-state index contributed by atoms with van der Waals surface area (Å²) in [5.41, 5.74) is 12.1. The first-order valence-electron chi connectivity index (χ1n) is 17.4. The second kappa shape index (κ2) is 11.0. The van der Waals surface area contributed by atoms with Gasteiger partial charge in [0.05, 0.1) is 22.1 Å². The zero-order valence-electron chi connectivity index (χ0n) is 27.6. The van der Waals surface area contributed by atoms with E-state index >= 15 is 0 Å². The molecule has 0 N–H and O–H groups in total. The fourth-order valence-electron chi connectivity index (χ4n) is 8.22. The molecule has 0 aliphatic carbocycles. The van der Waals surface area contributed by atoms with Gasteiger partial charge >= 0.3 is 0 Å². The molecule has 238 valence electrons. The zero-order valence-corrected chi connectivity index (χ0v) is 28.4. The number of hydrogen-bond donors (Lipinski definition) is 0. The summed E-state index contributed by atoms with van der Waals surface area (Å²) >= 11 is 1.88. The van der Waals surface area contributed by atoms with E-state index < -0.39 is 0 Å². The Morgan fingerprint density at radius 3 is 1.61 bits per heavy atom. The fourth-order valence-corrected chi connectivity index (χ4v) is 9.34. The van der Waals surface area contributed by atoms with Crippen LogP contribution in [0, 0.1) is 0 Å². The second-order valence-corrected chi connectivity index (χ2v) is 14.4. The van der Waals surface area contributed by atoms with Gasteiger partial charge < -0.3 is 9.13 Å². The van der Waals surface area contributed by atoms with E-state index in [0.717, 1.165) is 5.69 Å². The van der Waals surface area contributed by atoms with Crippen LogP contribution in [0.2, 0.25) is 0 Å². The first-order valence-corrected chi connectivity index (χ1v) is 18.3. The number of fused-ring (bicyclic) bond motifs is 10. The lowest BCUT2D eigenvalue weighted by Gasteiger charge is -2.10. The molecule has 2 nitrogen and oxygen atoms in total. The molecule has 0 spiro atoms. The highest BCUT2D eigenvalue weighted by Gasteiger charge is 2.19. The van der Waals surface area contributed by atoms with Crippen molar-refractivity contribution in [3.8, 4) is 33.6 Å². The maximum absolute atomic E-state index is 2.45. The van der Waals surface area contributed by atoms with Crippen LogP contribution < -0.4 is 0 Å². The average molecular weight is 667 g/mol. The Hall–Kier alpha value is -6.42. The quantitative estimate of drug-likeness (QED) is 0.177. The highest BCUT2D eigenvalue weighted by Crippen LogP contribution is 2.45. The van der Waals surface area contributed by atoms with E-state index in [1.807, 2.05) is 11.3 Å². The van der Waals surface area contributed by atoms with Crippen LogP contribution in [0.1, 0.15) is 0 Å². The van der Waals surface area contributed by atoms with Gasteiger partial charge in [0.25, 0.3) is 0 Å². The summed E-state index contributed by atoms with van der Waals surface area (Å²) in [4.78, 5) is 0. The van der Waals surface area contributed by atoms with E-state index in [9.17, 15) is 0 Å². The van der Waals surface area contributed by atoms with E-state index in [4.69, 9.17) is 0 Å². The number of thiophene rings is 1. The first-order chi connectivity index (χ1) is 25.3. The number of nitrogens with zero attached hydrogens (tertiary/aromatic N) is 2. The molecule has 3 heterocycles. The molecule has 0 aliphatic heterocycles. The van der Waals surface area contributed by atoms with Gasteiger partial charge in [0.1, 0.15) is 0 Å².